The Morgan fingerprint density at radius 2 is 1.55 bits per heavy atom. The fourth-order valence-corrected chi connectivity index (χ4v) is 1.64. The summed E-state index contributed by atoms with van der Waals surface area (Å²) in [5.74, 6) is 0.0728. The summed E-state index contributed by atoms with van der Waals surface area (Å²) < 4.78 is 0. The average Bonchev–Trinajstić information content (AvgIpc) is 1.86. The van der Waals surface area contributed by atoms with E-state index in [1.54, 1.807) is 0 Å². The Balaban J connectivity index is 2.99. The SMILES string of the molecule is Oc1ccc([PH](O)(O)Cl)cc1. The molecule has 1 aromatic carbocycles. The van der Waals surface area contributed by atoms with Gasteiger partial charge in [-0.3, -0.25) is 0 Å². The van der Waals surface area contributed by atoms with Crippen molar-refractivity contribution >= 4 is 23.6 Å². The molecule has 0 aromatic heterocycles. The monoisotopic (exact) mass is 194 g/mol. The molecule has 0 aliphatic heterocycles. The van der Waals surface area contributed by atoms with Crippen LogP contribution in [0.3, 0.4) is 0 Å². The molecular weight excluding hydrogens is 186 g/mol. The number of hydrogen-bond acceptors (Lipinski definition) is 3. The minimum absolute atomic E-state index is 0.0728. The van der Waals surface area contributed by atoms with Crippen LogP contribution in [0.4, 0.5) is 0 Å². The van der Waals surface area contributed by atoms with Crippen molar-refractivity contribution in [1.82, 2.24) is 0 Å². The van der Waals surface area contributed by atoms with Crippen LogP contribution in [-0.2, 0) is 0 Å². The van der Waals surface area contributed by atoms with Gasteiger partial charge in [0.25, 0.3) is 0 Å². The average molecular weight is 195 g/mol. The van der Waals surface area contributed by atoms with E-state index in [-0.39, 0.29) is 11.1 Å². The van der Waals surface area contributed by atoms with Gasteiger partial charge in [0.05, 0.1) is 0 Å². The Morgan fingerprint density at radius 3 is 1.91 bits per heavy atom. The summed E-state index contributed by atoms with van der Waals surface area (Å²) in [5, 5.41) is 9.09. The number of benzene rings is 1. The van der Waals surface area contributed by atoms with Gasteiger partial charge in [-0.25, -0.2) is 0 Å². The molecule has 0 amide bonds. The number of rotatable bonds is 1. The summed E-state index contributed by atoms with van der Waals surface area (Å²) >= 11 is 5.28. The second kappa shape index (κ2) is 2.95. The molecule has 5 heteroatoms. The van der Waals surface area contributed by atoms with E-state index in [0.717, 1.165) is 0 Å². The van der Waals surface area contributed by atoms with Gasteiger partial charge in [-0.15, -0.1) is 0 Å². The maximum atomic E-state index is 8.96. The van der Waals surface area contributed by atoms with Crippen molar-refractivity contribution in [2.24, 2.45) is 0 Å². The quantitative estimate of drug-likeness (QED) is 0.578. The van der Waals surface area contributed by atoms with E-state index in [4.69, 9.17) is 26.1 Å². The normalized spacial score (nSPS) is 13.0. The van der Waals surface area contributed by atoms with Gasteiger partial charge in [-0.1, -0.05) is 0 Å². The number of phenolic OH excluding ortho intramolecular Hbond substituents is 1. The Morgan fingerprint density at radius 1 is 1.09 bits per heavy atom. The van der Waals surface area contributed by atoms with Crippen LogP contribution in [0.2, 0.25) is 0 Å². The third kappa shape index (κ3) is 2.31. The summed E-state index contributed by atoms with van der Waals surface area (Å²) in [6.45, 7) is 0. The zero-order valence-corrected chi connectivity index (χ0v) is 7.28. The molecular formula is C6H8ClO3P. The van der Waals surface area contributed by atoms with Crippen molar-refractivity contribution in [2.45, 2.75) is 0 Å². The van der Waals surface area contributed by atoms with Crippen LogP contribution >= 0.6 is 18.3 Å². The van der Waals surface area contributed by atoms with Crippen LogP contribution in [0, 0.1) is 0 Å². The molecule has 0 unspecified atom stereocenters. The van der Waals surface area contributed by atoms with Gasteiger partial charge in [0.1, 0.15) is 0 Å². The molecule has 1 aromatic rings. The summed E-state index contributed by atoms with van der Waals surface area (Å²) in [6.07, 6.45) is 0. The molecule has 0 saturated carbocycles. The van der Waals surface area contributed by atoms with Gasteiger partial charge >= 0.3 is 68.5 Å². The van der Waals surface area contributed by atoms with Gasteiger partial charge in [-0.05, 0) is 0 Å². The Bertz CT molecular complexity index is 241. The van der Waals surface area contributed by atoms with E-state index in [0.29, 0.717) is 0 Å². The molecule has 0 spiro atoms. The second-order valence-electron chi connectivity index (χ2n) is 2.13. The molecule has 11 heavy (non-hydrogen) atoms. The van der Waals surface area contributed by atoms with Crippen LogP contribution in [0.1, 0.15) is 0 Å². The van der Waals surface area contributed by atoms with E-state index in [2.05, 4.69) is 0 Å². The Labute approximate surface area is 69.2 Å². The number of phenols is 1. The third-order valence-electron chi connectivity index (χ3n) is 1.23. The van der Waals surface area contributed by atoms with Gasteiger partial charge in [-0.2, -0.15) is 0 Å². The van der Waals surface area contributed by atoms with Gasteiger partial charge < -0.3 is 0 Å². The first-order chi connectivity index (χ1) is 5.00. The zero-order chi connectivity index (χ0) is 8.48. The van der Waals surface area contributed by atoms with Gasteiger partial charge in [0.2, 0.25) is 0 Å². The molecule has 3 nitrogen and oxygen atoms in total. The number of halogens is 1. The molecule has 0 aliphatic rings. The van der Waals surface area contributed by atoms with Crippen molar-refractivity contribution < 1.29 is 14.9 Å². The third-order valence-corrected chi connectivity index (χ3v) is 2.96. The molecule has 0 radical (unpaired) electrons. The van der Waals surface area contributed by atoms with E-state index in [1.807, 2.05) is 0 Å². The maximum absolute atomic E-state index is 8.96. The molecule has 0 atom stereocenters. The predicted molar refractivity (Wildman–Crippen MR) is 46.3 cm³/mol. The van der Waals surface area contributed by atoms with E-state index >= 15 is 0 Å². The molecule has 3 N–H and O–H groups in total. The molecule has 0 saturated heterocycles. The molecule has 0 heterocycles. The summed E-state index contributed by atoms with van der Waals surface area (Å²) in [4.78, 5) is 17.9. The summed E-state index contributed by atoms with van der Waals surface area (Å²) in [7, 11) is -3.70. The molecule has 0 fully saturated rings. The van der Waals surface area contributed by atoms with Crippen molar-refractivity contribution in [2.75, 3.05) is 0 Å². The van der Waals surface area contributed by atoms with Crippen molar-refractivity contribution in [3.8, 4) is 5.75 Å². The van der Waals surface area contributed by atoms with E-state index in [1.165, 1.54) is 24.3 Å². The van der Waals surface area contributed by atoms with Gasteiger partial charge in [0.15, 0.2) is 0 Å². The van der Waals surface area contributed by atoms with Crippen molar-refractivity contribution in [3.05, 3.63) is 24.3 Å². The molecule has 0 bridgehead atoms. The number of hydrogen-bond donors (Lipinski definition) is 3. The minimum atomic E-state index is -3.70. The first kappa shape index (κ1) is 8.75. The first-order valence-electron chi connectivity index (χ1n) is 2.93. The topological polar surface area (TPSA) is 60.7 Å². The zero-order valence-electron chi connectivity index (χ0n) is 5.53. The Hall–Kier alpha value is -0.340. The van der Waals surface area contributed by atoms with Crippen LogP contribution in [0.5, 0.6) is 5.75 Å². The van der Waals surface area contributed by atoms with Crippen molar-refractivity contribution in [3.63, 3.8) is 0 Å². The van der Waals surface area contributed by atoms with Crippen LogP contribution in [-0.4, -0.2) is 14.9 Å². The summed E-state index contributed by atoms with van der Waals surface area (Å²) in [5.41, 5.74) is 0. The van der Waals surface area contributed by atoms with Crippen molar-refractivity contribution in [1.29, 1.82) is 0 Å². The number of aromatic hydroxyl groups is 1. The first-order valence-corrected chi connectivity index (χ1v) is 5.84. The second-order valence-corrected chi connectivity index (χ2v) is 5.47. The van der Waals surface area contributed by atoms with Crippen LogP contribution < -0.4 is 5.30 Å². The standard InChI is InChI=1S/C6H8ClO3P/c7-11(9,10)6-3-1-5(8)2-4-6/h1-4,8-11H. The van der Waals surface area contributed by atoms with E-state index in [9.17, 15) is 0 Å². The summed E-state index contributed by atoms with van der Waals surface area (Å²) in [6, 6.07) is 5.47. The van der Waals surface area contributed by atoms with E-state index < -0.39 is 7.07 Å². The molecule has 0 aliphatic carbocycles. The van der Waals surface area contributed by atoms with Gasteiger partial charge in [0, 0.05) is 0 Å². The molecule has 62 valence electrons. The van der Waals surface area contributed by atoms with Crippen LogP contribution in [0.15, 0.2) is 24.3 Å². The van der Waals surface area contributed by atoms with Crippen LogP contribution in [0.25, 0.3) is 0 Å². The fraction of sp³-hybridized carbons (Fsp3) is 0. The fourth-order valence-electron chi connectivity index (χ4n) is 0.673. The molecule has 1 rings (SSSR count). The predicted octanol–water partition coefficient (Wildman–Crippen LogP) is 0.736. The Kier molecular flexibility index (Phi) is 2.35.